The average molecular weight is 452 g/mol. The second-order valence-electron chi connectivity index (χ2n) is 7.30. The molecule has 0 saturated heterocycles. The molecule has 0 radical (unpaired) electrons. The quantitative estimate of drug-likeness (QED) is 0.394. The molecule has 3 aromatic heterocycles. The summed E-state index contributed by atoms with van der Waals surface area (Å²) < 4.78 is 47.9. The second kappa shape index (κ2) is 7.33. The van der Waals surface area contributed by atoms with Crippen LogP contribution in [0.3, 0.4) is 0 Å². The highest BCUT2D eigenvalue weighted by Crippen LogP contribution is 2.38. The number of aromatic nitrogens is 5. The number of alkyl halides is 3. The first-order valence-corrected chi connectivity index (χ1v) is 9.72. The lowest BCUT2D eigenvalue weighted by atomic mass is 10.1. The molecule has 0 aliphatic carbocycles. The van der Waals surface area contributed by atoms with Gasteiger partial charge < -0.3 is 10.2 Å². The molecule has 0 bridgehead atoms. The smallest absolute Gasteiger partial charge is 0.416 e. The summed E-state index contributed by atoms with van der Waals surface area (Å²) in [7, 11) is 0. The van der Waals surface area contributed by atoms with Crippen molar-refractivity contribution < 1.29 is 17.6 Å². The van der Waals surface area contributed by atoms with E-state index in [1.807, 2.05) is 0 Å². The number of nitrogens with zero attached hydrogens (tertiary/aromatic N) is 4. The largest absolute Gasteiger partial charge is 0.433 e. The Labute approximate surface area is 183 Å². The van der Waals surface area contributed by atoms with Crippen molar-refractivity contribution in [2.45, 2.75) is 13.1 Å². The number of halogens is 3. The normalized spacial score (nSPS) is 11.9. The predicted molar refractivity (Wildman–Crippen MR) is 114 cm³/mol. The Bertz CT molecular complexity index is 1550. The monoisotopic (exact) mass is 452 g/mol. The molecule has 166 valence electrons. The van der Waals surface area contributed by atoms with Gasteiger partial charge in [0, 0.05) is 11.3 Å². The van der Waals surface area contributed by atoms with Crippen molar-refractivity contribution in [3.8, 4) is 34.0 Å². The van der Waals surface area contributed by atoms with Crippen LogP contribution in [0.4, 0.5) is 18.9 Å². The lowest BCUT2D eigenvalue weighted by Gasteiger charge is -2.07. The first kappa shape index (κ1) is 20.5. The maximum atomic E-state index is 13.8. The highest BCUT2D eigenvalue weighted by atomic mass is 19.4. The van der Waals surface area contributed by atoms with Gasteiger partial charge in [-0.15, -0.1) is 10.2 Å². The maximum absolute atomic E-state index is 13.8. The van der Waals surface area contributed by atoms with Crippen LogP contribution in [-0.4, -0.2) is 24.8 Å². The fourth-order valence-electron chi connectivity index (χ4n) is 3.62. The van der Waals surface area contributed by atoms with E-state index in [1.165, 1.54) is 19.1 Å². The van der Waals surface area contributed by atoms with E-state index in [-0.39, 0.29) is 39.8 Å². The van der Waals surface area contributed by atoms with E-state index in [4.69, 9.17) is 10.2 Å². The molecule has 2 aromatic carbocycles. The van der Waals surface area contributed by atoms with Crippen molar-refractivity contribution in [2.24, 2.45) is 0 Å². The van der Waals surface area contributed by atoms with Crippen LogP contribution in [0.25, 0.3) is 39.7 Å². The molecule has 0 aliphatic rings. The molecule has 5 rings (SSSR count). The summed E-state index contributed by atoms with van der Waals surface area (Å²) in [6, 6.07) is 14.6. The molecule has 3 N–H and O–H groups in total. The molecule has 33 heavy (non-hydrogen) atoms. The summed E-state index contributed by atoms with van der Waals surface area (Å²) in [5.74, 6) is -0.0603. The van der Waals surface area contributed by atoms with E-state index in [0.717, 1.165) is 4.52 Å². The third-order valence-electron chi connectivity index (χ3n) is 5.08. The molecule has 5 aromatic rings. The van der Waals surface area contributed by atoms with Gasteiger partial charge in [0.2, 0.25) is 5.89 Å². The Morgan fingerprint density at radius 1 is 0.970 bits per heavy atom. The van der Waals surface area contributed by atoms with Crippen LogP contribution in [0.15, 0.2) is 63.8 Å². The lowest BCUT2D eigenvalue weighted by Crippen LogP contribution is -2.20. The molecular formula is C22H15F3N6O2. The van der Waals surface area contributed by atoms with Crippen molar-refractivity contribution in [1.82, 2.24) is 24.8 Å². The number of anilines is 1. The van der Waals surface area contributed by atoms with Crippen LogP contribution in [0, 0.1) is 6.92 Å². The zero-order valence-corrected chi connectivity index (χ0v) is 17.0. The molecule has 0 unspecified atom stereocenters. The zero-order valence-electron chi connectivity index (χ0n) is 17.0. The van der Waals surface area contributed by atoms with Crippen LogP contribution >= 0.6 is 0 Å². The van der Waals surface area contributed by atoms with Gasteiger partial charge in [0.15, 0.2) is 5.65 Å². The number of hydrogen-bond acceptors (Lipinski definition) is 6. The van der Waals surface area contributed by atoms with Crippen molar-refractivity contribution in [3.63, 3.8) is 0 Å². The minimum Gasteiger partial charge on any atom is -0.416 e. The summed E-state index contributed by atoms with van der Waals surface area (Å²) in [4.78, 5) is 17.6. The van der Waals surface area contributed by atoms with Gasteiger partial charge in [-0.25, -0.2) is 4.98 Å². The summed E-state index contributed by atoms with van der Waals surface area (Å²) in [5, 5.41) is 10.0. The number of hydrogen-bond donors (Lipinski definition) is 2. The number of rotatable bonds is 3. The third kappa shape index (κ3) is 3.43. The van der Waals surface area contributed by atoms with E-state index in [0.29, 0.717) is 11.3 Å². The Morgan fingerprint density at radius 2 is 1.67 bits per heavy atom. The van der Waals surface area contributed by atoms with Crippen molar-refractivity contribution >= 4 is 11.3 Å². The Hall–Kier alpha value is -4.41. The maximum Gasteiger partial charge on any atom is 0.433 e. The standard InChI is InChI=1S/C22H15F3N6O2/c1-11-15(20-29-28-19(33-20)13-8-5-9-14(26)10-13)21(32)31-18(27-11)16(12-6-3-2-4-7-12)17(30-31)22(23,24)25/h2-10,30H,26H2,1H3. The minimum atomic E-state index is -4.75. The fraction of sp³-hybridized carbons (Fsp3) is 0.0909. The summed E-state index contributed by atoms with van der Waals surface area (Å²) in [6.07, 6.45) is -4.75. The molecule has 0 saturated carbocycles. The first-order valence-electron chi connectivity index (χ1n) is 9.72. The van der Waals surface area contributed by atoms with Crippen LogP contribution in [0.2, 0.25) is 0 Å². The van der Waals surface area contributed by atoms with Gasteiger partial charge in [-0.2, -0.15) is 17.7 Å². The number of aryl methyl sites for hydroxylation is 1. The van der Waals surface area contributed by atoms with Gasteiger partial charge in [-0.1, -0.05) is 36.4 Å². The van der Waals surface area contributed by atoms with E-state index < -0.39 is 17.4 Å². The summed E-state index contributed by atoms with van der Waals surface area (Å²) in [6.45, 7) is 1.50. The molecule has 0 aliphatic heterocycles. The van der Waals surface area contributed by atoms with E-state index in [1.54, 1.807) is 42.5 Å². The molecule has 0 amide bonds. The van der Waals surface area contributed by atoms with E-state index >= 15 is 0 Å². The Kier molecular flexibility index (Phi) is 4.55. The molecule has 11 heteroatoms. The van der Waals surface area contributed by atoms with Crippen LogP contribution in [0.1, 0.15) is 11.4 Å². The first-order chi connectivity index (χ1) is 15.7. The average Bonchev–Trinajstić information content (AvgIpc) is 3.40. The number of benzene rings is 2. The molecular weight excluding hydrogens is 437 g/mol. The van der Waals surface area contributed by atoms with Crippen LogP contribution in [-0.2, 0) is 6.18 Å². The van der Waals surface area contributed by atoms with Gasteiger partial charge in [-0.05, 0) is 30.7 Å². The predicted octanol–water partition coefficient (Wildman–Crippen LogP) is 4.32. The number of nitrogens with one attached hydrogen (secondary N) is 1. The number of nitrogens with two attached hydrogens (primary N) is 1. The van der Waals surface area contributed by atoms with Crippen molar-refractivity contribution in [2.75, 3.05) is 5.73 Å². The minimum absolute atomic E-state index is 0.105. The van der Waals surface area contributed by atoms with Gasteiger partial charge in [-0.3, -0.25) is 9.89 Å². The SMILES string of the molecule is Cc1nc2c(-c3ccccc3)c(C(F)(F)F)[nH]n2c(=O)c1-c1nnc(-c2cccc(N)c2)o1. The van der Waals surface area contributed by atoms with Gasteiger partial charge in [0.05, 0.1) is 11.3 Å². The van der Waals surface area contributed by atoms with Gasteiger partial charge in [0.25, 0.3) is 11.4 Å². The molecule has 0 fully saturated rings. The lowest BCUT2D eigenvalue weighted by molar-refractivity contribution is -0.140. The van der Waals surface area contributed by atoms with Crippen molar-refractivity contribution in [3.05, 3.63) is 76.3 Å². The number of H-pyrrole nitrogens is 1. The fourth-order valence-corrected chi connectivity index (χ4v) is 3.62. The zero-order chi connectivity index (χ0) is 23.3. The second-order valence-corrected chi connectivity index (χ2v) is 7.30. The number of nitrogen functional groups attached to an aromatic ring is 1. The van der Waals surface area contributed by atoms with E-state index in [2.05, 4.69) is 20.3 Å². The molecule has 8 nitrogen and oxygen atoms in total. The molecule has 0 spiro atoms. The van der Waals surface area contributed by atoms with Crippen LogP contribution in [0.5, 0.6) is 0 Å². The van der Waals surface area contributed by atoms with Gasteiger partial charge in [0.1, 0.15) is 11.3 Å². The Morgan fingerprint density at radius 3 is 2.36 bits per heavy atom. The molecule has 3 heterocycles. The van der Waals surface area contributed by atoms with Crippen molar-refractivity contribution in [1.29, 1.82) is 0 Å². The Balaban J connectivity index is 1.73. The van der Waals surface area contributed by atoms with E-state index in [9.17, 15) is 18.0 Å². The number of aromatic amines is 1. The van der Waals surface area contributed by atoms with Gasteiger partial charge >= 0.3 is 6.18 Å². The highest BCUT2D eigenvalue weighted by Gasteiger charge is 2.38. The van der Waals surface area contributed by atoms with Crippen LogP contribution < -0.4 is 11.3 Å². The topological polar surface area (TPSA) is 115 Å². The third-order valence-corrected chi connectivity index (χ3v) is 5.08. The summed E-state index contributed by atoms with van der Waals surface area (Å²) in [5.41, 5.74) is 4.83. The number of fused-ring (bicyclic) bond motifs is 1. The highest BCUT2D eigenvalue weighted by molar-refractivity contribution is 5.81. The summed E-state index contributed by atoms with van der Waals surface area (Å²) >= 11 is 0. The molecule has 0 atom stereocenters.